The van der Waals surface area contributed by atoms with Gasteiger partial charge in [0, 0.05) is 13.2 Å². The summed E-state index contributed by atoms with van der Waals surface area (Å²) in [5, 5.41) is 0.250. The largest absolute Gasteiger partial charge is 0.497 e. The molecule has 1 aromatic rings. The average Bonchev–Trinajstić information content (AvgIpc) is 2.56. The number of methoxy groups -OCH3 is 1. The predicted octanol–water partition coefficient (Wildman–Crippen LogP) is 5.82. The Kier molecular flexibility index (Phi) is 8.90. The molecule has 0 aliphatic carbocycles. The molecule has 25 heavy (non-hydrogen) atoms. The number of hydrogen-bond acceptors (Lipinski definition) is 3. The summed E-state index contributed by atoms with van der Waals surface area (Å²) in [5.41, 5.74) is 1.17. The molecule has 142 valence electrons. The van der Waals surface area contributed by atoms with Crippen LogP contribution in [0.4, 0.5) is 0 Å². The molecule has 0 aliphatic heterocycles. The molecule has 0 amide bonds. The number of benzene rings is 1. The van der Waals surface area contributed by atoms with Crippen LogP contribution >= 0.6 is 0 Å². The minimum atomic E-state index is -1.68. The molecule has 0 unspecified atom stereocenters. The van der Waals surface area contributed by atoms with Gasteiger partial charge in [0.2, 0.25) is 0 Å². The summed E-state index contributed by atoms with van der Waals surface area (Å²) in [6.45, 7) is 17.6. The summed E-state index contributed by atoms with van der Waals surface area (Å²) < 4.78 is 17.3. The first-order chi connectivity index (χ1) is 11.7. The third-order valence-corrected chi connectivity index (χ3v) is 9.59. The van der Waals surface area contributed by atoms with Crippen molar-refractivity contribution in [3.05, 3.63) is 42.5 Å². The Morgan fingerprint density at radius 3 is 2.32 bits per heavy atom. The summed E-state index contributed by atoms with van der Waals surface area (Å²) in [6, 6.07) is 8.01. The first-order valence-electron chi connectivity index (χ1n) is 9.17. The third kappa shape index (κ3) is 7.76. The average molecular weight is 365 g/mol. The predicted molar refractivity (Wildman–Crippen MR) is 109 cm³/mol. The minimum Gasteiger partial charge on any atom is -0.497 e. The Labute approximate surface area is 155 Å². The first kappa shape index (κ1) is 21.9. The van der Waals surface area contributed by atoms with Crippen molar-refractivity contribution in [2.45, 2.75) is 58.4 Å². The number of ether oxygens (including phenoxy) is 2. The Morgan fingerprint density at radius 1 is 1.16 bits per heavy atom. The Morgan fingerprint density at radius 2 is 1.80 bits per heavy atom. The van der Waals surface area contributed by atoms with Gasteiger partial charge >= 0.3 is 0 Å². The molecule has 1 rings (SSSR count). The van der Waals surface area contributed by atoms with Crippen LogP contribution in [-0.2, 0) is 15.8 Å². The molecule has 1 aromatic carbocycles. The highest BCUT2D eigenvalue weighted by Gasteiger charge is 2.37. The van der Waals surface area contributed by atoms with Crippen LogP contribution in [0.5, 0.6) is 5.75 Å². The van der Waals surface area contributed by atoms with E-state index < -0.39 is 8.32 Å². The molecule has 0 saturated carbocycles. The molecule has 4 heteroatoms. The Balaban J connectivity index is 2.25. The lowest BCUT2D eigenvalue weighted by Gasteiger charge is -2.37. The lowest BCUT2D eigenvalue weighted by Crippen LogP contribution is -2.41. The van der Waals surface area contributed by atoms with Crippen molar-refractivity contribution < 1.29 is 13.9 Å². The lowest BCUT2D eigenvalue weighted by atomic mass is 10.1. The monoisotopic (exact) mass is 364 g/mol. The molecule has 0 aliphatic rings. The maximum atomic E-state index is 6.31. The molecular weight excluding hydrogens is 328 g/mol. The van der Waals surface area contributed by atoms with Gasteiger partial charge in [0.1, 0.15) is 5.75 Å². The summed E-state index contributed by atoms with van der Waals surface area (Å²) in [4.78, 5) is 0. The van der Waals surface area contributed by atoms with Crippen molar-refractivity contribution in [2.24, 2.45) is 5.92 Å². The minimum absolute atomic E-state index is 0.250. The van der Waals surface area contributed by atoms with Gasteiger partial charge < -0.3 is 13.9 Å². The summed E-state index contributed by atoms with van der Waals surface area (Å²) >= 11 is 0. The molecule has 0 saturated heterocycles. The van der Waals surface area contributed by atoms with E-state index in [-0.39, 0.29) is 5.04 Å². The van der Waals surface area contributed by atoms with E-state index in [2.05, 4.69) is 40.4 Å². The zero-order valence-corrected chi connectivity index (χ0v) is 17.9. The second kappa shape index (κ2) is 10.1. The maximum absolute atomic E-state index is 6.31. The van der Waals surface area contributed by atoms with Crippen LogP contribution < -0.4 is 4.74 Å². The van der Waals surface area contributed by atoms with Gasteiger partial charge in [-0.2, -0.15) is 0 Å². The van der Waals surface area contributed by atoms with Crippen LogP contribution in [0.1, 0.15) is 39.2 Å². The van der Waals surface area contributed by atoms with E-state index in [4.69, 9.17) is 13.9 Å². The van der Waals surface area contributed by atoms with Gasteiger partial charge in [-0.3, -0.25) is 0 Å². The SMILES string of the molecule is C=C[C@H](CCCOCc1ccc(OC)cc1)CO[Si](C)(C)C(C)(C)C. The molecule has 0 aromatic heterocycles. The molecule has 0 bridgehead atoms. The van der Waals surface area contributed by atoms with Gasteiger partial charge in [-0.15, -0.1) is 6.58 Å². The normalized spacial score (nSPS) is 13.5. The smallest absolute Gasteiger partial charge is 0.192 e. The van der Waals surface area contributed by atoms with E-state index in [0.29, 0.717) is 12.5 Å². The van der Waals surface area contributed by atoms with Crippen molar-refractivity contribution >= 4 is 8.32 Å². The number of rotatable bonds is 11. The van der Waals surface area contributed by atoms with Crippen LogP contribution in [0, 0.1) is 5.92 Å². The highest BCUT2D eigenvalue weighted by Crippen LogP contribution is 2.37. The highest BCUT2D eigenvalue weighted by atomic mass is 28.4. The van der Waals surface area contributed by atoms with E-state index in [1.807, 2.05) is 30.3 Å². The van der Waals surface area contributed by atoms with Crippen molar-refractivity contribution in [3.8, 4) is 5.75 Å². The summed E-state index contributed by atoms with van der Waals surface area (Å²) in [5.74, 6) is 1.28. The van der Waals surface area contributed by atoms with Gasteiger partial charge in [0.15, 0.2) is 8.32 Å². The van der Waals surface area contributed by atoms with Gasteiger partial charge in [-0.25, -0.2) is 0 Å². The van der Waals surface area contributed by atoms with Gasteiger partial charge in [-0.1, -0.05) is 39.0 Å². The third-order valence-electron chi connectivity index (χ3n) is 5.09. The fourth-order valence-electron chi connectivity index (χ4n) is 2.16. The van der Waals surface area contributed by atoms with Crippen LogP contribution in [0.15, 0.2) is 36.9 Å². The van der Waals surface area contributed by atoms with Gasteiger partial charge in [-0.05, 0) is 54.6 Å². The van der Waals surface area contributed by atoms with Crippen LogP contribution in [0.25, 0.3) is 0 Å². The lowest BCUT2D eigenvalue weighted by molar-refractivity contribution is 0.112. The van der Waals surface area contributed by atoms with Crippen molar-refractivity contribution in [1.82, 2.24) is 0 Å². The van der Waals surface area contributed by atoms with E-state index in [0.717, 1.165) is 31.8 Å². The molecule has 0 N–H and O–H groups in total. The molecule has 0 heterocycles. The molecule has 0 fully saturated rings. The Bertz CT molecular complexity index is 503. The van der Waals surface area contributed by atoms with Crippen LogP contribution in [0.2, 0.25) is 18.1 Å². The molecule has 0 spiro atoms. The van der Waals surface area contributed by atoms with E-state index in [9.17, 15) is 0 Å². The van der Waals surface area contributed by atoms with Gasteiger partial charge in [0.25, 0.3) is 0 Å². The van der Waals surface area contributed by atoms with Crippen molar-refractivity contribution in [2.75, 3.05) is 20.3 Å². The maximum Gasteiger partial charge on any atom is 0.192 e. The van der Waals surface area contributed by atoms with Crippen molar-refractivity contribution in [3.63, 3.8) is 0 Å². The standard InChI is InChI=1S/C21H36O3Si/c1-8-18(17-24-25(6,7)21(2,3)4)10-9-15-23-16-19-11-13-20(22-5)14-12-19/h8,11-14,18H,1,9-10,15-17H2,2-7H3/t18-/m1/s1. The van der Waals surface area contributed by atoms with E-state index in [1.165, 1.54) is 5.56 Å². The second-order valence-electron chi connectivity index (χ2n) is 8.11. The van der Waals surface area contributed by atoms with Crippen LogP contribution in [0.3, 0.4) is 0 Å². The fraction of sp³-hybridized carbons (Fsp3) is 0.619. The Hall–Kier alpha value is -1.10. The number of hydrogen-bond donors (Lipinski definition) is 0. The zero-order chi connectivity index (χ0) is 18.9. The zero-order valence-electron chi connectivity index (χ0n) is 16.9. The summed E-state index contributed by atoms with van der Waals surface area (Å²) in [6.07, 6.45) is 4.10. The molecular formula is C21H36O3Si. The second-order valence-corrected chi connectivity index (χ2v) is 12.9. The quantitative estimate of drug-likeness (QED) is 0.281. The van der Waals surface area contributed by atoms with Crippen LogP contribution in [-0.4, -0.2) is 28.6 Å². The summed E-state index contributed by atoms with van der Waals surface area (Å²) in [7, 11) is -0.00269. The molecule has 0 radical (unpaired) electrons. The van der Waals surface area contributed by atoms with E-state index >= 15 is 0 Å². The van der Waals surface area contributed by atoms with Gasteiger partial charge in [0.05, 0.1) is 13.7 Å². The fourth-order valence-corrected chi connectivity index (χ4v) is 3.22. The van der Waals surface area contributed by atoms with Crippen molar-refractivity contribution in [1.29, 1.82) is 0 Å². The highest BCUT2D eigenvalue weighted by molar-refractivity contribution is 6.74. The topological polar surface area (TPSA) is 27.7 Å². The molecule has 3 nitrogen and oxygen atoms in total. The first-order valence-corrected chi connectivity index (χ1v) is 12.1. The van der Waals surface area contributed by atoms with E-state index in [1.54, 1.807) is 7.11 Å². The molecule has 1 atom stereocenters.